The molecule has 3 aliphatic rings. The van der Waals surface area contributed by atoms with Crippen LogP contribution in [0.1, 0.15) is 44.9 Å². The lowest BCUT2D eigenvalue weighted by atomic mass is 9.87. The Labute approximate surface area is 153 Å². The van der Waals surface area contributed by atoms with E-state index in [1.54, 1.807) is 0 Å². The molecule has 1 aromatic carbocycles. The number of piperidine rings is 1. The van der Waals surface area contributed by atoms with E-state index in [4.69, 9.17) is 4.84 Å². The van der Waals surface area contributed by atoms with Gasteiger partial charge in [-0.3, -0.25) is 9.59 Å². The van der Waals surface area contributed by atoms with Gasteiger partial charge in [-0.2, -0.15) is 0 Å². The number of hydrogen-bond donors (Lipinski definition) is 1. The summed E-state index contributed by atoms with van der Waals surface area (Å²) in [5, 5.41) is 6.92. The molecular weight excluding hydrogens is 330 g/mol. The van der Waals surface area contributed by atoms with Gasteiger partial charge in [-0.1, -0.05) is 36.2 Å². The second-order valence-electron chi connectivity index (χ2n) is 7.65. The third-order valence-electron chi connectivity index (χ3n) is 5.69. The predicted octanol–water partition coefficient (Wildman–Crippen LogP) is 2.95. The number of carbonyl (C=O) groups is 2. The number of anilines is 1. The molecule has 6 nitrogen and oxygen atoms in total. The lowest BCUT2D eigenvalue weighted by molar-refractivity contribution is -0.144. The normalized spacial score (nSPS) is 25.8. The van der Waals surface area contributed by atoms with Gasteiger partial charge in [-0.25, -0.2) is 0 Å². The minimum atomic E-state index is -0.532. The highest BCUT2D eigenvalue weighted by atomic mass is 16.7. The summed E-state index contributed by atoms with van der Waals surface area (Å²) in [7, 11) is 0. The Morgan fingerprint density at radius 3 is 2.69 bits per heavy atom. The Hall–Kier alpha value is -2.37. The number of rotatable bonds is 3. The molecule has 6 heteroatoms. The largest absolute Gasteiger partial charge is 0.386 e. The van der Waals surface area contributed by atoms with Crippen LogP contribution < -0.4 is 5.32 Å². The van der Waals surface area contributed by atoms with Crippen molar-refractivity contribution >= 4 is 23.2 Å². The van der Waals surface area contributed by atoms with Crippen molar-refractivity contribution in [3.63, 3.8) is 0 Å². The highest BCUT2D eigenvalue weighted by Crippen LogP contribution is 2.35. The molecule has 1 spiro atoms. The first-order valence-corrected chi connectivity index (χ1v) is 9.55. The average molecular weight is 355 g/mol. The van der Waals surface area contributed by atoms with E-state index in [9.17, 15) is 9.59 Å². The number of oxime groups is 1. The molecule has 0 bridgehead atoms. The van der Waals surface area contributed by atoms with Crippen LogP contribution in [0.2, 0.25) is 0 Å². The summed E-state index contributed by atoms with van der Waals surface area (Å²) in [5.74, 6) is 0.202. The molecule has 138 valence electrons. The zero-order valence-electron chi connectivity index (χ0n) is 14.9. The predicted molar refractivity (Wildman–Crippen MR) is 98.7 cm³/mol. The van der Waals surface area contributed by atoms with Crippen molar-refractivity contribution in [3.8, 4) is 0 Å². The van der Waals surface area contributed by atoms with Gasteiger partial charge in [0.1, 0.15) is 5.71 Å². The number of nitrogens with zero attached hydrogens (tertiary/aromatic N) is 2. The molecular formula is C20H25N3O3. The van der Waals surface area contributed by atoms with Crippen molar-refractivity contribution < 1.29 is 14.4 Å². The van der Waals surface area contributed by atoms with Gasteiger partial charge in [0.05, 0.1) is 6.54 Å². The maximum absolute atomic E-state index is 12.8. The zero-order valence-corrected chi connectivity index (χ0v) is 14.9. The fourth-order valence-corrected chi connectivity index (χ4v) is 4.30. The number of hydrogen-bond acceptors (Lipinski definition) is 4. The molecule has 1 aromatic rings. The monoisotopic (exact) mass is 355 g/mol. The van der Waals surface area contributed by atoms with Crippen LogP contribution in [0.15, 0.2) is 35.5 Å². The second kappa shape index (κ2) is 7.09. The summed E-state index contributed by atoms with van der Waals surface area (Å²) < 4.78 is 0. The number of nitrogens with one attached hydrogen (secondary N) is 1. The summed E-state index contributed by atoms with van der Waals surface area (Å²) in [4.78, 5) is 32.9. The number of carbonyl (C=O) groups excluding carboxylic acids is 2. The first kappa shape index (κ1) is 17.1. The van der Waals surface area contributed by atoms with Gasteiger partial charge in [0.2, 0.25) is 5.91 Å². The van der Waals surface area contributed by atoms with Gasteiger partial charge < -0.3 is 15.1 Å². The zero-order chi connectivity index (χ0) is 18.0. The molecule has 1 N–H and O–H groups in total. The fraction of sp³-hybridized carbons (Fsp3) is 0.550. The van der Waals surface area contributed by atoms with E-state index >= 15 is 0 Å². The van der Waals surface area contributed by atoms with E-state index in [1.165, 1.54) is 0 Å². The van der Waals surface area contributed by atoms with Crippen LogP contribution in [0.25, 0.3) is 0 Å². The van der Waals surface area contributed by atoms with Gasteiger partial charge in [-0.05, 0) is 37.8 Å². The summed E-state index contributed by atoms with van der Waals surface area (Å²) in [5.41, 5.74) is 0.613. The Bertz CT molecular complexity index is 712. The highest BCUT2D eigenvalue weighted by Gasteiger charge is 2.46. The average Bonchev–Trinajstić information content (AvgIpc) is 3.33. The first-order valence-electron chi connectivity index (χ1n) is 9.55. The smallest absolute Gasteiger partial charge is 0.273 e. The molecule has 2 aliphatic heterocycles. The molecule has 1 unspecified atom stereocenters. The number of likely N-dealkylation sites (tertiary alicyclic amines) is 1. The molecule has 1 saturated carbocycles. The topological polar surface area (TPSA) is 71.0 Å². The molecule has 1 saturated heterocycles. The fourth-order valence-electron chi connectivity index (χ4n) is 4.30. The van der Waals surface area contributed by atoms with E-state index in [0.717, 1.165) is 50.8 Å². The standard InChI is InChI=1S/C20H25N3O3/c24-18(21-16-9-2-1-3-10-16)17-13-20(26-22-17)11-6-12-23(14-20)19(25)15-7-4-5-8-15/h1-3,9-10,15H,4-8,11-14H2,(H,21,24). The Balaban J connectivity index is 1.38. The molecule has 1 aliphatic carbocycles. The van der Waals surface area contributed by atoms with Crippen molar-refractivity contribution in [1.29, 1.82) is 0 Å². The molecule has 0 radical (unpaired) electrons. The van der Waals surface area contributed by atoms with Crippen LogP contribution in [0.5, 0.6) is 0 Å². The lowest BCUT2D eigenvalue weighted by Crippen LogP contribution is -2.52. The van der Waals surface area contributed by atoms with Crippen molar-refractivity contribution in [2.75, 3.05) is 18.4 Å². The second-order valence-corrected chi connectivity index (χ2v) is 7.65. The van der Waals surface area contributed by atoms with E-state index in [0.29, 0.717) is 18.7 Å². The van der Waals surface area contributed by atoms with E-state index in [1.807, 2.05) is 35.2 Å². The van der Waals surface area contributed by atoms with Gasteiger partial charge >= 0.3 is 0 Å². The summed E-state index contributed by atoms with van der Waals surface area (Å²) in [6.07, 6.45) is 6.49. The van der Waals surface area contributed by atoms with Crippen LogP contribution in [0, 0.1) is 5.92 Å². The Kier molecular flexibility index (Phi) is 4.66. The Morgan fingerprint density at radius 2 is 1.92 bits per heavy atom. The van der Waals surface area contributed by atoms with E-state index in [2.05, 4.69) is 10.5 Å². The number of para-hydroxylation sites is 1. The first-order chi connectivity index (χ1) is 12.7. The van der Waals surface area contributed by atoms with E-state index < -0.39 is 5.60 Å². The van der Waals surface area contributed by atoms with Crippen LogP contribution in [0.4, 0.5) is 5.69 Å². The third-order valence-corrected chi connectivity index (χ3v) is 5.69. The van der Waals surface area contributed by atoms with Crippen molar-refractivity contribution in [2.24, 2.45) is 11.1 Å². The molecule has 4 rings (SSSR count). The van der Waals surface area contributed by atoms with Gasteiger partial charge in [0.25, 0.3) is 5.91 Å². The SMILES string of the molecule is O=C(Nc1ccccc1)C1=NOC2(CCCN(C(=O)C3CCCC3)C2)C1. The van der Waals surface area contributed by atoms with Crippen molar-refractivity contribution in [2.45, 2.75) is 50.5 Å². The van der Waals surface area contributed by atoms with Crippen LogP contribution in [0.3, 0.4) is 0 Å². The quantitative estimate of drug-likeness (QED) is 0.906. The van der Waals surface area contributed by atoms with Gasteiger partial charge in [0.15, 0.2) is 5.60 Å². The van der Waals surface area contributed by atoms with Crippen LogP contribution >= 0.6 is 0 Å². The van der Waals surface area contributed by atoms with Crippen LogP contribution in [-0.2, 0) is 14.4 Å². The van der Waals surface area contributed by atoms with Crippen molar-refractivity contribution in [1.82, 2.24) is 4.90 Å². The van der Waals surface area contributed by atoms with E-state index in [-0.39, 0.29) is 17.7 Å². The lowest BCUT2D eigenvalue weighted by Gasteiger charge is -2.39. The number of amides is 2. The van der Waals surface area contributed by atoms with Gasteiger partial charge in [-0.15, -0.1) is 0 Å². The van der Waals surface area contributed by atoms with Crippen molar-refractivity contribution in [3.05, 3.63) is 30.3 Å². The molecule has 2 fully saturated rings. The molecule has 2 heterocycles. The maximum atomic E-state index is 12.8. The highest BCUT2D eigenvalue weighted by molar-refractivity contribution is 6.43. The molecule has 0 aromatic heterocycles. The minimum absolute atomic E-state index is 0.174. The summed E-state index contributed by atoms with van der Waals surface area (Å²) >= 11 is 0. The molecule has 2 amide bonds. The Morgan fingerprint density at radius 1 is 1.15 bits per heavy atom. The molecule has 26 heavy (non-hydrogen) atoms. The molecule has 1 atom stereocenters. The maximum Gasteiger partial charge on any atom is 0.273 e. The number of benzene rings is 1. The third kappa shape index (κ3) is 3.45. The minimum Gasteiger partial charge on any atom is -0.386 e. The summed E-state index contributed by atoms with van der Waals surface area (Å²) in [6.45, 7) is 1.32. The van der Waals surface area contributed by atoms with Crippen LogP contribution in [-0.4, -0.2) is 41.1 Å². The summed E-state index contributed by atoms with van der Waals surface area (Å²) in [6, 6.07) is 9.33. The van der Waals surface area contributed by atoms with Gasteiger partial charge in [0, 0.05) is 24.6 Å².